The minimum Gasteiger partial charge on any atom is -0.437 e. The van der Waals surface area contributed by atoms with Gasteiger partial charge in [0.1, 0.15) is 39.8 Å². The third kappa shape index (κ3) is 14.2. The van der Waals surface area contributed by atoms with Crippen molar-refractivity contribution in [2.24, 2.45) is 28.2 Å². The molecule has 0 unspecified atom stereocenters. The smallest absolute Gasteiger partial charge is 0.228 e. The van der Waals surface area contributed by atoms with Crippen molar-refractivity contribution in [2.75, 3.05) is 0 Å². The fraction of sp³-hybridized carbons (Fsp3) is 0.103. The minimum atomic E-state index is -2.35. The summed E-state index contributed by atoms with van der Waals surface area (Å²) in [5, 5.41) is 17.0. The Kier molecular flexibility index (Phi) is 18.7. The molecule has 14 heteroatoms. The summed E-state index contributed by atoms with van der Waals surface area (Å²) < 4.78 is 110. The summed E-state index contributed by atoms with van der Waals surface area (Å²) in [6, 6.07) is 93.3. The minimum absolute atomic E-state index is 0.197. The van der Waals surface area contributed by atoms with Crippen LogP contribution >= 0.6 is 0 Å². The van der Waals surface area contributed by atoms with E-state index in [4.69, 9.17) is 30.9 Å². The van der Waals surface area contributed by atoms with Gasteiger partial charge in [-0.25, -0.2) is 47.0 Å². The molecule has 0 spiro atoms. The van der Waals surface area contributed by atoms with Crippen LogP contribution in [0.2, 0.25) is 0 Å². The van der Waals surface area contributed by atoms with E-state index < -0.39 is 13.7 Å². The summed E-state index contributed by atoms with van der Waals surface area (Å²) in [5.41, 5.74) is 27.4. The average Bonchev–Trinajstić information content (AvgIpc) is 1.58. The van der Waals surface area contributed by atoms with Gasteiger partial charge in [0.25, 0.3) is 0 Å². The van der Waals surface area contributed by atoms with Crippen molar-refractivity contribution in [3.05, 3.63) is 385 Å². The van der Waals surface area contributed by atoms with Gasteiger partial charge in [0.15, 0.2) is 47.1 Å². The van der Waals surface area contributed by atoms with Crippen molar-refractivity contribution >= 4 is 131 Å². The Morgan fingerprint density at radius 1 is 0.277 bits per heavy atom. The van der Waals surface area contributed by atoms with E-state index in [9.17, 15) is 8.78 Å². The molecule has 12 aromatic carbocycles. The second kappa shape index (κ2) is 32.7. The Morgan fingerprint density at radius 3 is 0.985 bits per heavy atom. The number of aryl methyl sites for hydroxylation is 12. The number of nitrogens with zero attached hydrogens (tertiary/aromatic N) is 8. The molecule has 0 amide bonds. The molecule has 628 valence electrons. The third-order valence-corrected chi connectivity index (χ3v) is 25.4. The number of hydrogen-bond donors (Lipinski definition) is 0. The van der Waals surface area contributed by atoms with Crippen LogP contribution in [0.4, 0.5) is 8.78 Å². The maximum absolute atomic E-state index is 13.7. The lowest BCUT2D eigenvalue weighted by Gasteiger charge is -2.10. The van der Waals surface area contributed by atoms with Crippen LogP contribution in [0.3, 0.4) is 0 Å². The predicted octanol–water partition coefficient (Wildman–Crippen LogP) is 27.9. The normalized spacial score (nSPS) is 12.5. The Balaban J connectivity index is 0.000000109. The molecule has 0 saturated carbocycles. The van der Waals surface area contributed by atoms with Crippen LogP contribution in [-0.4, -0.2) is 19.9 Å². The lowest BCUT2D eigenvalue weighted by atomic mass is 9.95. The molecule has 0 fully saturated rings. The molecule has 130 heavy (non-hydrogen) atoms. The van der Waals surface area contributed by atoms with Gasteiger partial charge in [-0.05, 0) is 168 Å². The van der Waals surface area contributed by atoms with E-state index in [0.717, 1.165) is 148 Å². The fourth-order valence-corrected chi connectivity index (χ4v) is 18.7. The zero-order valence-corrected chi connectivity index (χ0v) is 73.1. The Morgan fingerprint density at radius 2 is 0.600 bits per heavy atom. The van der Waals surface area contributed by atoms with Gasteiger partial charge in [-0.2, -0.15) is 0 Å². The summed E-state index contributed by atoms with van der Waals surface area (Å²) in [5.74, 6) is -0.752. The van der Waals surface area contributed by atoms with Crippen LogP contribution in [0.5, 0.6) is 0 Å². The molecule has 0 bridgehead atoms. The van der Waals surface area contributed by atoms with Gasteiger partial charge in [0.2, 0.25) is 45.6 Å². The Labute approximate surface area is 757 Å². The van der Waals surface area contributed by atoms with Crippen LogP contribution in [-0.2, 0) is 28.2 Å². The van der Waals surface area contributed by atoms with Crippen molar-refractivity contribution in [3.8, 4) is 89.5 Å². The van der Waals surface area contributed by atoms with E-state index in [2.05, 4.69) is 235 Å². The van der Waals surface area contributed by atoms with Gasteiger partial charge in [0, 0.05) is 123 Å². The highest BCUT2D eigenvalue weighted by molar-refractivity contribution is 6.23. The first kappa shape index (κ1) is 74.2. The third-order valence-electron chi connectivity index (χ3n) is 25.4. The van der Waals surface area contributed by atoms with E-state index in [1.54, 1.807) is 36.7 Å². The van der Waals surface area contributed by atoms with Crippen LogP contribution < -0.4 is 18.3 Å². The lowest BCUT2D eigenvalue weighted by molar-refractivity contribution is -0.660. The van der Waals surface area contributed by atoms with Crippen LogP contribution in [0.15, 0.2) is 346 Å². The lowest BCUT2D eigenvalue weighted by Crippen LogP contribution is -2.31. The number of benzene rings is 12. The number of pyridine rings is 8. The van der Waals surface area contributed by atoms with Crippen molar-refractivity contribution < 1.29 is 52.9 Å². The Hall–Kier alpha value is -16.1. The largest absolute Gasteiger partial charge is 0.437 e. The number of furan rings is 4. The zero-order valence-electron chi connectivity index (χ0n) is 79.1. The highest BCUT2D eigenvalue weighted by Gasteiger charge is 2.30. The van der Waals surface area contributed by atoms with E-state index in [1.807, 2.05) is 135 Å². The molecular formula is C116H90F2N8O4+4. The van der Waals surface area contributed by atoms with Gasteiger partial charge in [-0.15, -0.1) is 0 Å². The highest BCUT2D eigenvalue weighted by atomic mass is 19.1. The summed E-state index contributed by atoms with van der Waals surface area (Å²) in [6.07, 6.45) is 13.1. The monoisotopic (exact) mass is 1700 g/mol. The molecule has 24 rings (SSSR count). The van der Waals surface area contributed by atoms with E-state index >= 15 is 0 Å². The Bertz CT molecular complexity index is 8980. The first-order chi connectivity index (χ1) is 65.7. The first-order valence-corrected chi connectivity index (χ1v) is 43.2. The van der Waals surface area contributed by atoms with E-state index in [-0.39, 0.29) is 22.8 Å². The van der Waals surface area contributed by atoms with Crippen LogP contribution in [0.25, 0.3) is 221 Å². The molecule has 12 aromatic heterocycles. The molecule has 12 heterocycles. The van der Waals surface area contributed by atoms with E-state index in [1.165, 1.54) is 74.0 Å². The second-order valence-corrected chi connectivity index (χ2v) is 33.7. The molecule has 24 aromatic rings. The fourth-order valence-electron chi connectivity index (χ4n) is 18.7. The van der Waals surface area contributed by atoms with Crippen molar-refractivity contribution in [3.63, 3.8) is 0 Å². The van der Waals surface area contributed by atoms with Crippen LogP contribution in [0, 0.1) is 66.9 Å². The molecule has 0 radical (unpaired) electrons. The van der Waals surface area contributed by atoms with Crippen LogP contribution in [0.1, 0.15) is 52.9 Å². The number of rotatable bonds is 8. The molecule has 0 aliphatic heterocycles. The van der Waals surface area contributed by atoms with E-state index in [0.29, 0.717) is 56.3 Å². The second-order valence-electron chi connectivity index (χ2n) is 33.7. The highest BCUT2D eigenvalue weighted by Crippen LogP contribution is 2.46. The molecule has 0 N–H and O–H groups in total. The summed E-state index contributed by atoms with van der Waals surface area (Å²) in [7, 11) is 7.83. The van der Waals surface area contributed by atoms with Gasteiger partial charge in [0.05, 0.1) is 43.8 Å². The molecule has 12 nitrogen and oxygen atoms in total. The van der Waals surface area contributed by atoms with Crippen molar-refractivity contribution in [1.82, 2.24) is 19.9 Å². The quantitative estimate of drug-likeness (QED) is 0.138. The maximum atomic E-state index is 13.7. The topological polar surface area (TPSA) is 120 Å². The standard InChI is InChI=1S/C30H24FN2O.C29H22FN2O.C29H23N2O.C28H21N2O/c1-17-9-14-24-28-23-8-6-5-7-22(23)19(3)32-30(28)34-29(24)27(17)26-15-25(18(2)16-33(26)4)20-10-12-21(31)13-11-20;1-17-8-13-23-27-22-7-5-4-6-20(22)15-31-29(27)33-28(23)26(17)25-14-24(18(2)16-32(25)3)19-9-11-21(30)12-10-19;1-18-8-11-20(12-9-18)21-14-15-31(3)25(16-21)26-19(2)10-13-24-27-23-7-5-4-6-22(23)17-30-29(27)32-28(24)26;1-18-12-13-23-26-22-11-7-6-10-21(22)17-29-28(26)31-27(23)25(18)24-16-20(14-15-30(24)2)19-8-4-3-5-9-19/h5-16H,1-4H3;4-16H,1-3H3;4-17H,1-3H3;3-17H,1-2H3/q4*+1/i2*2D3;;. The molecule has 0 saturated heterocycles. The number of hydrogen-bond acceptors (Lipinski definition) is 8. The zero-order chi connectivity index (χ0) is 94.0. The number of aromatic nitrogens is 8. The summed E-state index contributed by atoms with van der Waals surface area (Å²) in [6.45, 7) is 7.70. The first-order valence-electron chi connectivity index (χ1n) is 46.2. The van der Waals surface area contributed by atoms with Gasteiger partial charge in [-0.1, -0.05) is 230 Å². The maximum Gasteiger partial charge on any atom is 0.228 e. The summed E-state index contributed by atoms with van der Waals surface area (Å²) in [4.78, 5) is 18.6. The SMILES string of the molecule is Cc1ccc(-c2cc[n+](C)c(-c3c(C)ccc4c3oc3ncc5ccccc5c34)c2)cc1.Cc1ccc2c(oc3ncc4ccccc4c32)c1-c1cc(-c2ccccc2)cc[n+]1C.[2H]C([2H])([2H])c1c[n+](C)c(-c2c(C)ccc3c2oc2nc(C)c4ccccc4c23)cc1-c1ccc(F)cc1.[2H]C([2H])([2H])c1c[n+](C)c(-c2c(C)ccc3c2oc2ncc4ccccc4c23)cc1-c1ccc(F)cc1. The van der Waals surface area contributed by atoms with Gasteiger partial charge in [-0.3, -0.25) is 0 Å². The van der Waals surface area contributed by atoms with Crippen molar-refractivity contribution in [2.45, 2.75) is 55.2 Å². The molecule has 0 aliphatic carbocycles. The number of fused-ring (bicyclic) bond motifs is 20. The van der Waals surface area contributed by atoms with Crippen molar-refractivity contribution in [1.29, 1.82) is 0 Å². The molecular weight excluding hydrogens is 1610 g/mol. The average molecular weight is 1700 g/mol. The predicted molar refractivity (Wildman–Crippen MR) is 522 cm³/mol. The summed E-state index contributed by atoms with van der Waals surface area (Å²) >= 11 is 0. The molecule has 0 aliphatic rings. The molecule has 0 atom stereocenters. The number of halogens is 2. The van der Waals surface area contributed by atoms with Gasteiger partial charge >= 0.3 is 0 Å². The van der Waals surface area contributed by atoms with Gasteiger partial charge < -0.3 is 17.7 Å².